The molecule has 0 amide bonds. The van der Waals surface area contributed by atoms with E-state index in [0.717, 1.165) is 12.8 Å². The molecule has 0 aromatic heterocycles. The predicted molar refractivity (Wildman–Crippen MR) is 67.3 cm³/mol. The topological polar surface area (TPSA) is 95.9 Å². The average Bonchev–Trinajstić information content (AvgIpc) is 2.27. The van der Waals surface area contributed by atoms with Crippen molar-refractivity contribution in [1.29, 1.82) is 0 Å². The van der Waals surface area contributed by atoms with E-state index in [2.05, 4.69) is 5.32 Å². The number of nitrogens with one attached hydrogen (secondary N) is 1. The number of piperidine rings is 1. The third kappa shape index (κ3) is 5.96. The van der Waals surface area contributed by atoms with Crippen molar-refractivity contribution in [3.05, 3.63) is 0 Å². The van der Waals surface area contributed by atoms with Crippen LogP contribution in [0.4, 0.5) is 0 Å². The number of rotatable bonds is 6. The van der Waals surface area contributed by atoms with E-state index in [9.17, 15) is 9.36 Å². The second kappa shape index (κ2) is 7.24. The van der Waals surface area contributed by atoms with Crippen LogP contribution in [-0.2, 0) is 14.1 Å². The van der Waals surface area contributed by atoms with E-state index in [4.69, 9.17) is 14.5 Å². The summed E-state index contributed by atoms with van der Waals surface area (Å²) in [5.41, 5.74) is 0. The van der Waals surface area contributed by atoms with E-state index >= 15 is 0 Å². The van der Waals surface area contributed by atoms with E-state index in [1.165, 1.54) is 0 Å². The maximum Gasteiger partial charge on any atom is 0.325 e. The summed E-state index contributed by atoms with van der Waals surface area (Å²) < 4.78 is 16.0. The average molecular weight is 279 g/mol. The number of carbonyl (C=O) groups is 1. The molecule has 0 bridgehead atoms. The molecular weight excluding hydrogens is 257 g/mol. The van der Waals surface area contributed by atoms with Crippen LogP contribution < -0.4 is 5.32 Å². The van der Waals surface area contributed by atoms with Gasteiger partial charge in [0.15, 0.2) is 0 Å². The van der Waals surface area contributed by atoms with Crippen LogP contribution in [0.5, 0.6) is 0 Å². The molecule has 0 aliphatic carbocycles. The molecule has 0 aromatic rings. The fraction of sp³-hybridized carbons (Fsp3) is 0.909. The minimum Gasteiger partial charge on any atom is -0.465 e. The molecule has 1 fully saturated rings. The van der Waals surface area contributed by atoms with Crippen molar-refractivity contribution < 1.29 is 23.9 Å². The first kappa shape index (κ1) is 15.6. The Balaban J connectivity index is 2.38. The molecule has 1 aliphatic heterocycles. The first-order valence-electron chi connectivity index (χ1n) is 6.37. The number of esters is 1. The smallest absolute Gasteiger partial charge is 0.325 e. The van der Waals surface area contributed by atoms with Crippen molar-refractivity contribution in [2.75, 3.05) is 19.3 Å². The van der Waals surface area contributed by atoms with Gasteiger partial charge in [0.1, 0.15) is 6.04 Å². The van der Waals surface area contributed by atoms with Crippen molar-refractivity contribution in [2.45, 2.75) is 38.6 Å². The van der Waals surface area contributed by atoms with E-state index in [1.54, 1.807) is 0 Å². The lowest BCUT2D eigenvalue weighted by atomic mass is 9.94. The summed E-state index contributed by atoms with van der Waals surface area (Å²) in [6.45, 7) is 3.03. The third-order valence-electron chi connectivity index (χ3n) is 3.04. The van der Waals surface area contributed by atoms with Crippen molar-refractivity contribution in [3.8, 4) is 0 Å². The lowest BCUT2D eigenvalue weighted by Gasteiger charge is -2.29. The molecule has 0 saturated carbocycles. The molecule has 1 rings (SSSR count). The Morgan fingerprint density at radius 1 is 1.50 bits per heavy atom. The maximum atomic E-state index is 11.7. The summed E-state index contributed by atoms with van der Waals surface area (Å²) in [5, 5.41) is 3.03. The van der Waals surface area contributed by atoms with Gasteiger partial charge in [-0.2, -0.15) is 0 Å². The minimum absolute atomic E-state index is 0.115. The number of unbranched alkanes of at least 4 members (excludes halogenated alkanes) is 1. The molecule has 6 nitrogen and oxygen atoms in total. The molecule has 1 aliphatic rings. The Bertz CT molecular complexity index is 317. The molecule has 7 heteroatoms. The lowest BCUT2D eigenvalue weighted by Crippen LogP contribution is -2.45. The largest absolute Gasteiger partial charge is 0.465 e. The molecule has 1 heterocycles. The van der Waals surface area contributed by atoms with Gasteiger partial charge < -0.3 is 19.8 Å². The molecule has 2 atom stereocenters. The van der Waals surface area contributed by atoms with E-state index < -0.39 is 13.6 Å². The standard InChI is InChI=1S/C11H22NO5P/c1-2-3-6-17-11(13)10-7-9(4-5-12-10)8-18(14,15)16/h9-10,12H,2-8H2,1H3,(H2,14,15,16). The summed E-state index contributed by atoms with van der Waals surface area (Å²) in [7, 11) is -4.00. The first-order valence-corrected chi connectivity index (χ1v) is 8.16. The van der Waals surface area contributed by atoms with Crippen molar-refractivity contribution >= 4 is 13.6 Å². The lowest BCUT2D eigenvalue weighted by molar-refractivity contribution is -0.147. The highest BCUT2D eigenvalue weighted by atomic mass is 31.2. The zero-order valence-electron chi connectivity index (χ0n) is 10.7. The Labute approximate surface area is 107 Å². The molecule has 0 aromatic carbocycles. The molecule has 2 unspecified atom stereocenters. The van der Waals surface area contributed by atoms with Crippen molar-refractivity contribution in [1.82, 2.24) is 5.32 Å². The fourth-order valence-electron chi connectivity index (χ4n) is 2.10. The van der Waals surface area contributed by atoms with Gasteiger partial charge in [-0.15, -0.1) is 0 Å². The van der Waals surface area contributed by atoms with Crippen LogP contribution in [0.3, 0.4) is 0 Å². The molecular formula is C11H22NO5P. The molecule has 0 spiro atoms. The van der Waals surface area contributed by atoms with Gasteiger partial charge in [0.05, 0.1) is 12.8 Å². The van der Waals surface area contributed by atoms with Crippen molar-refractivity contribution in [3.63, 3.8) is 0 Å². The van der Waals surface area contributed by atoms with Crippen LogP contribution in [0.2, 0.25) is 0 Å². The number of carbonyl (C=O) groups excluding carboxylic acids is 1. The van der Waals surface area contributed by atoms with E-state index in [0.29, 0.717) is 26.0 Å². The van der Waals surface area contributed by atoms with E-state index in [1.807, 2.05) is 6.92 Å². The van der Waals surface area contributed by atoms with Gasteiger partial charge in [0.25, 0.3) is 0 Å². The highest BCUT2D eigenvalue weighted by Gasteiger charge is 2.31. The van der Waals surface area contributed by atoms with Crippen LogP contribution in [0, 0.1) is 5.92 Å². The minimum atomic E-state index is -4.00. The Morgan fingerprint density at radius 3 is 2.83 bits per heavy atom. The summed E-state index contributed by atoms with van der Waals surface area (Å²) in [4.78, 5) is 29.6. The number of ether oxygens (including phenoxy) is 1. The highest BCUT2D eigenvalue weighted by Crippen LogP contribution is 2.39. The SMILES string of the molecule is CCCCOC(=O)C1CC(CP(=O)(O)O)CCN1. The van der Waals surface area contributed by atoms with Crippen LogP contribution in [0.15, 0.2) is 0 Å². The Kier molecular flexibility index (Phi) is 6.29. The van der Waals surface area contributed by atoms with Gasteiger partial charge in [-0.25, -0.2) is 0 Å². The molecule has 18 heavy (non-hydrogen) atoms. The second-order valence-electron chi connectivity index (χ2n) is 4.77. The van der Waals surface area contributed by atoms with Gasteiger partial charge in [-0.05, 0) is 31.7 Å². The normalized spacial score (nSPS) is 24.8. The predicted octanol–water partition coefficient (Wildman–Crippen LogP) is 0.876. The van der Waals surface area contributed by atoms with Crippen LogP contribution in [-0.4, -0.2) is 41.1 Å². The van der Waals surface area contributed by atoms with Gasteiger partial charge in [0.2, 0.25) is 0 Å². The maximum absolute atomic E-state index is 11.7. The molecule has 3 N–H and O–H groups in total. The fourth-order valence-corrected chi connectivity index (χ4v) is 3.10. The first-order chi connectivity index (χ1) is 8.42. The Morgan fingerprint density at radius 2 is 2.22 bits per heavy atom. The van der Waals surface area contributed by atoms with E-state index in [-0.39, 0.29) is 18.0 Å². The molecule has 1 saturated heterocycles. The third-order valence-corrected chi connectivity index (χ3v) is 4.03. The zero-order valence-corrected chi connectivity index (χ0v) is 11.6. The quantitative estimate of drug-likeness (QED) is 0.379. The van der Waals surface area contributed by atoms with Crippen LogP contribution in [0.25, 0.3) is 0 Å². The van der Waals surface area contributed by atoms with Gasteiger partial charge in [-0.1, -0.05) is 13.3 Å². The summed E-state index contributed by atoms with van der Waals surface area (Å²) in [5.74, 6) is -0.422. The zero-order chi connectivity index (χ0) is 13.6. The summed E-state index contributed by atoms with van der Waals surface area (Å²) in [6.07, 6.45) is 2.78. The van der Waals surface area contributed by atoms with Crippen LogP contribution in [0.1, 0.15) is 32.6 Å². The van der Waals surface area contributed by atoms with Gasteiger partial charge in [0, 0.05) is 0 Å². The Hall–Kier alpha value is -0.420. The number of hydrogen-bond acceptors (Lipinski definition) is 4. The van der Waals surface area contributed by atoms with Gasteiger partial charge in [-0.3, -0.25) is 9.36 Å². The van der Waals surface area contributed by atoms with Crippen LogP contribution >= 0.6 is 7.60 Å². The molecule has 106 valence electrons. The number of hydrogen-bond donors (Lipinski definition) is 3. The monoisotopic (exact) mass is 279 g/mol. The highest BCUT2D eigenvalue weighted by molar-refractivity contribution is 7.51. The summed E-state index contributed by atoms with van der Waals surface area (Å²) in [6, 6.07) is -0.424. The molecule has 0 radical (unpaired) electrons. The summed E-state index contributed by atoms with van der Waals surface area (Å²) >= 11 is 0. The van der Waals surface area contributed by atoms with Gasteiger partial charge >= 0.3 is 13.6 Å². The second-order valence-corrected chi connectivity index (χ2v) is 6.46. The van der Waals surface area contributed by atoms with Crippen molar-refractivity contribution in [2.24, 2.45) is 5.92 Å².